The van der Waals surface area contributed by atoms with Crippen LogP contribution in [0.3, 0.4) is 0 Å². The lowest BCUT2D eigenvalue weighted by atomic mass is 9.96. The van der Waals surface area contributed by atoms with Gasteiger partial charge in [0.25, 0.3) is 0 Å². The van der Waals surface area contributed by atoms with Crippen molar-refractivity contribution in [1.82, 2.24) is 5.32 Å². The molecule has 0 aromatic heterocycles. The maximum absolute atomic E-state index is 9.85. The highest BCUT2D eigenvalue weighted by atomic mass is 16.3. The predicted molar refractivity (Wildman–Crippen MR) is 80.3 cm³/mol. The Labute approximate surface area is 118 Å². The minimum absolute atomic E-state index is 0.354. The third-order valence-electron chi connectivity index (χ3n) is 4.42. The minimum atomic E-state index is 0.354. The molecule has 0 spiro atoms. The number of hydrogen-bond acceptors (Lipinski definition) is 3. The molecule has 3 nitrogen and oxygen atoms in total. The van der Waals surface area contributed by atoms with Gasteiger partial charge in [0.1, 0.15) is 5.75 Å². The van der Waals surface area contributed by atoms with Crippen LogP contribution in [0.1, 0.15) is 22.7 Å². The fourth-order valence-corrected chi connectivity index (χ4v) is 3.47. The average Bonchev–Trinajstić information content (AvgIpc) is 2.62. The Hall–Kier alpha value is -2.00. The molecule has 1 saturated heterocycles. The Morgan fingerprint density at radius 1 is 1.10 bits per heavy atom. The Morgan fingerprint density at radius 2 is 2.00 bits per heavy atom. The molecule has 2 aliphatic rings. The van der Waals surface area contributed by atoms with E-state index >= 15 is 0 Å². The highest BCUT2D eigenvalue weighted by molar-refractivity contribution is 5.63. The number of nitrogens with one attached hydrogen (secondary N) is 1. The number of rotatable bonds is 0. The van der Waals surface area contributed by atoms with Gasteiger partial charge in [0.2, 0.25) is 0 Å². The molecule has 0 unspecified atom stereocenters. The van der Waals surface area contributed by atoms with Gasteiger partial charge in [-0.3, -0.25) is 0 Å². The van der Waals surface area contributed by atoms with Gasteiger partial charge in [-0.25, -0.2) is 0 Å². The SMILES string of the molecule is Oc1ccc2c(c1)N1CCNC[C@H]1c1ccccc1C2. The van der Waals surface area contributed by atoms with Crippen molar-refractivity contribution in [3.8, 4) is 5.75 Å². The summed E-state index contributed by atoms with van der Waals surface area (Å²) in [4.78, 5) is 2.44. The fourth-order valence-electron chi connectivity index (χ4n) is 3.47. The quantitative estimate of drug-likeness (QED) is 0.769. The minimum Gasteiger partial charge on any atom is -0.508 e. The van der Waals surface area contributed by atoms with Crippen LogP contribution >= 0.6 is 0 Å². The second-order valence-electron chi connectivity index (χ2n) is 5.60. The van der Waals surface area contributed by atoms with Crippen molar-refractivity contribution in [2.45, 2.75) is 12.5 Å². The van der Waals surface area contributed by atoms with Gasteiger partial charge in [-0.15, -0.1) is 0 Å². The van der Waals surface area contributed by atoms with Gasteiger partial charge in [0, 0.05) is 31.4 Å². The van der Waals surface area contributed by atoms with Crippen molar-refractivity contribution in [1.29, 1.82) is 0 Å². The van der Waals surface area contributed by atoms with Crippen molar-refractivity contribution < 1.29 is 5.11 Å². The standard InChI is InChI=1S/C17H18N2O/c20-14-6-5-13-9-12-3-1-2-4-15(12)17-11-18-7-8-19(17)16(13)10-14/h1-6,10,17-18,20H,7-9,11H2/t17-/m0/s1. The smallest absolute Gasteiger partial charge is 0.117 e. The van der Waals surface area contributed by atoms with Crippen molar-refractivity contribution in [2.75, 3.05) is 24.5 Å². The topological polar surface area (TPSA) is 35.5 Å². The zero-order valence-electron chi connectivity index (χ0n) is 11.3. The van der Waals surface area contributed by atoms with Crippen molar-refractivity contribution in [3.63, 3.8) is 0 Å². The van der Waals surface area contributed by atoms with Gasteiger partial charge in [-0.2, -0.15) is 0 Å². The number of benzene rings is 2. The van der Waals surface area contributed by atoms with Crippen LogP contribution in [-0.4, -0.2) is 24.7 Å². The van der Waals surface area contributed by atoms with E-state index in [1.807, 2.05) is 6.07 Å². The summed E-state index contributed by atoms with van der Waals surface area (Å²) in [6, 6.07) is 14.8. The van der Waals surface area contributed by atoms with Crippen molar-refractivity contribution >= 4 is 5.69 Å². The molecule has 102 valence electrons. The van der Waals surface area contributed by atoms with Gasteiger partial charge in [0.15, 0.2) is 0 Å². The summed E-state index contributed by atoms with van der Waals surface area (Å²) in [5.41, 5.74) is 5.30. The molecular weight excluding hydrogens is 248 g/mol. The maximum atomic E-state index is 9.85. The van der Waals surface area contributed by atoms with Crippen LogP contribution in [0.4, 0.5) is 5.69 Å². The first-order chi connectivity index (χ1) is 9.83. The van der Waals surface area contributed by atoms with E-state index in [9.17, 15) is 5.11 Å². The van der Waals surface area contributed by atoms with Gasteiger partial charge in [-0.05, 0) is 29.2 Å². The summed E-state index contributed by atoms with van der Waals surface area (Å²) >= 11 is 0. The highest BCUT2D eigenvalue weighted by Crippen LogP contribution is 2.39. The van der Waals surface area contributed by atoms with Gasteiger partial charge < -0.3 is 15.3 Å². The molecule has 0 radical (unpaired) electrons. The maximum Gasteiger partial charge on any atom is 0.117 e. The molecule has 20 heavy (non-hydrogen) atoms. The summed E-state index contributed by atoms with van der Waals surface area (Å²) in [5.74, 6) is 0.354. The molecule has 2 N–H and O–H groups in total. The van der Waals surface area contributed by atoms with Crippen LogP contribution < -0.4 is 10.2 Å². The van der Waals surface area contributed by atoms with Crippen molar-refractivity contribution in [2.24, 2.45) is 0 Å². The number of aromatic hydroxyl groups is 1. The monoisotopic (exact) mass is 266 g/mol. The summed E-state index contributed by atoms with van der Waals surface area (Å²) in [5, 5.41) is 13.3. The second-order valence-corrected chi connectivity index (χ2v) is 5.60. The summed E-state index contributed by atoms with van der Waals surface area (Å²) in [6.45, 7) is 2.94. The molecule has 2 aliphatic heterocycles. The van der Waals surface area contributed by atoms with E-state index in [2.05, 4.69) is 40.5 Å². The van der Waals surface area contributed by atoms with E-state index in [1.165, 1.54) is 22.4 Å². The van der Waals surface area contributed by atoms with Crippen LogP contribution in [0.25, 0.3) is 0 Å². The van der Waals surface area contributed by atoms with Crippen LogP contribution in [0.5, 0.6) is 5.75 Å². The van der Waals surface area contributed by atoms with E-state index in [-0.39, 0.29) is 0 Å². The molecule has 2 heterocycles. The molecule has 1 fully saturated rings. The summed E-state index contributed by atoms with van der Waals surface area (Å²) in [7, 11) is 0. The van der Waals surface area contributed by atoms with Crippen molar-refractivity contribution in [3.05, 3.63) is 59.2 Å². The first-order valence-corrected chi connectivity index (χ1v) is 7.20. The van der Waals surface area contributed by atoms with Gasteiger partial charge >= 0.3 is 0 Å². The van der Waals surface area contributed by atoms with E-state index < -0.39 is 0 Å². The summed E-state index contributed by atoms with van der Waals surface area (Å²) < 4.78 is 0. The number of hydrogen-bond donors (Lipinski definition) is 2. The normalized spacial score (nSPS) is 20.6. The Bertz CT molecular complexity index is 653. The number of fused-ring (bicyclic) bond motifs is 5. The number of phenols is 1. The molecule has 2 aromatic carbocycles. The molecule has 0 saturated carbocycles. The van der Waals surface area contributed by atoms with E-state index in [4.69, 9.17) is 0 Å². The third kappa shape index (κ3) is 1.78. The fraction of sp³-hybridized carbons (Fsp3) is 0.294. The first kappa shape index (κ1) is 11.8. The number of anilines is 1. The molecule has 4 rings (SSSR count). The molecule has 0 amide bonds. The first-order valence-electron chi connectivity index (χ1n) is 7.20. The predicted octanol–water partition coefficient (Wildman–Crippen LogP) is 2.45. The Kier molecular flexibility index (Phi) is 2.67. The molecule has 3 heteroatoms. The van der Waals surface area contributed by atoms with Crippen LogP contribution in [0.15, 0.2) is 42.5 Å². The van der Waals surface area contributed by atoms with Gasteiger partial charge in [-0.1, -0.05) is 30.3 Å². The summed E-state index contributed by atoms with van der Waals surface area (Å²) in [6.07, 6.45) is 0.943. The third-order valence-corrected chi connectivity index (χ3v) is 4.42. The molecule has 2 aromatic rings. The molecular formula is C17H18N2O. The number of nitrogens with zero attached hydrogens (tertiary/aromatic N) is 1. The molecule has 0 aliphatic carbocycles. The molecule has 1 atom stereocenters. The molecule has 0 bridgehead atoms. The zero-order chi connectivity index (χ0) is 13.5. The van der Waals surface area contributed by atoms with Gasteiger partial charge in [0.05, 0.1) is 6.04 Å². The van der Waals surface area contributed by atoms with E-state index in [1.54, 1.807) is 6.07 Å². The van der Waals surface area contributed by atoms with E-state index in [0.717, 1.165) is 26.1 Å². The largest absolute Gasteiger partial charge is 0.508 e. The highest BCUT2D eigenvalue weighted by Gasteiger charge is 2.30. The lowest BCUT2D eigenvalue weighted by Crippen LogP contribution is -2.46. The Morgan fingerprint density at radius 3 is 2.95 bits per heavy atom. The lowest BCUT2D eigenvalue weighted by Gasteiger charge is -2.38. The lowest BCUT2D eigenvalue weighted by molar-refractivity contribution is 0.470. The number of piperazine rings is 1. The Balaban J connectivity index is 1.92. The van der Waals surface area contributed by atoms with Crippen LogP contribution in [0, 0.1) is 0 Å². The van der Waals surface area contributed by atoms with E-state index in [0.29, 0.717) is 11.8 Å². The van der Waals surface area contributed by atoms with Crippen LogP contribution in [-0.2, 0) is 6.42 Å². The van der Waals surface area contributed by atoms with Crippen LogP contribution in [0.2, 0.25) is 0 Å². The second kappa shape index (κ2) is 4.53. The zero-order valence-corrected chi connectivity index (χ0v) is 11.3. The average molecular weight is 266 g/mol. The number of phenolic OH excluding ortho intramolecular Hbond substituents is 1.